The van der Waals surface area contributed by atoms with Crippen LogP contribution in [0.1, 0.15) is 80.3 Å². The summed E-state index contributed by atoms with van der Waals surface area (Å²) < 4.78 is 6.31. The molecule has 1 aromatic rings. The molecule has 0 radical (unpaired) electrons. The summed E-state index contributed by atoms with van der Waals surface area (Å²) in [6.45, 7) is 10.0. The van der Waals surface area contributed by atoms with E-state index in [2.05, 4.69) is 33.4 Å². The molecule has 0 aromatic heterocycles. The van der Waals surface area contributed by atoms with Gasteiger partial charge in [-0.2, -0.15) is 0 Å². The molecule has 0 unspecified atom stereocenters. The Morgan fingerprint density at radius 3 is 2.81 bits per heavy atom. The van der Waals surface area contributed by atoms with Gasteiger partial charge in [0.25, 0.3) is 0 Å². The minimum Gasteiger partial charge on any atom is -0.507 e. The summed E-state index contributed by atoms with van der Waals surface area (Å²) in [7, 11) is 0. The largest absolute Gasteiger partial charge is 0.507 e. The quantitative estimate of drug-likeness (QED) is 0.505. The van der Waals surface area contributed by atoms with Gasteiger partial charge in [-0.1, -0.05) is 17.7 Å². The molecule has 0 spiro atoms. The van der Waals surface area contributed by atoms with Crippen LogP contribution in [0.3, 0.4) is 0 Å². The lowest BCUT2D eigenvalue weighted by Crippen LogP contribution is -2.45. The number of fused-ring (bicyclic) bond motifs is 3. The zero-order valence-corrected chi connectivity index (χ0v) is 16.5. The number of phenols is 1. The Morgan fingerprint density at radius 2 is 2.15 bits per heavy atom. The second kappa shape index (κ2) is 7.41. The molecule has 146 valence electrons. The average molecular weight is 370 g/mol. The van der Waals surface area contributed by atoms with E-state index in [1.54, 1.807) is 0 Å². The number of benzene rings is 1. The lowest BCUT2D eigenvalue weighted by atomic mass is 9.67. The summed E-state index contributed by atoms with van der Waals surface area (Å²) in [6, 6.07) is 1.85. The van der Waals surface area contributed by atoms with Crippen molar-refractivity contribution < 1.29 is 19.7 Å². The highest BCUT2D eigenvalue weighted by molar-refractivity contribution is 5.94. The molecular formula is C23H30O4. The van der Waals surface area contributed by atoms with Crippen molar-refractivity contribution in [3.63, 3.8) is 0 Å². The number of rotatable bonds is 6. The normalized spacial score (nSPS) is 22.9. The maximum atomic E-state index is 11.9. The number of aromatic hydroxyl groups is 1. The first-order valence-corrected chi connectivity index (χ1v) is 9.85. The van der Waals surface area contributed by atoms with Crippen LogP contribution < -0.4 is 4.74 Å². The number of allylic oxidation sites excluding steroid dienone is 3. The molecule has 0 saturated heterocycles. The van der Waals surface area contributed by atoms with Gasteiger partial charge in [0.2, 0.25) is 0 Å². The van der Waals surface area contributed by atoms with E-state index >= 15 is 0 Å². The summed E-state index contributed by atoms with van der Waals surface area (Å²) in [4.78, 5) is 11.9. The number of ether oxygens (including phenoxy) is 1. The van der Waals surface area contributed by atoms with Gasteiger partial charge in [0.1, 0.15) is 22.7 Å². The van der Waals surface area contributed by atoms with Gasteiger partial charge < -0.3 is 14.9 Å². The van der Waals surface area contributed by atoms with E-state index in [0.717, 1.165) is 32.1 Å². The second-order valence-corrected chi connectivity index (χ2v) is 8.40. The standard InChI is InChI=1S/C23H30O4/c1-5-6-7-8-9-15-13-18-20(21(24)19(15)22(25)26)16-12-14(2)10-11-17(16)23(3,4)27-18/h5,12-13,16-17,24H,1,6-11H2,2-4H3,(H,25,26)/t16-,17-/m1/s1. The molecule has 3 rings (SSSR count). The molecule has 2 N–H and O–H groups in total. The molecule has 1 aromatic carbocycles. The van der Waals surface area contributed by atoms with Crippen LogP contribution in [0.2, 0.25) is 0 Å². The van der Waals surface area contributed by atoms with E-state index in [1.807, 2.05) is 12.1 Å². The number of aromatic carboxylic acids is 1. The molecule has 1 aliphatic carbocycles. The maximum Gasteiger partial charge on any atom is 0.339 e. The summed E-state index contributed by atoms with van der Waals surface area (Å²) in [5.74, 6) is -0.347. The number of aryl methyl sites for hydroxylation is 1. The van der Waals surface area contributed by atoms with Gasteiger partial charge in [0.15, 0.2) is 0 Å². The molecule has 2 atom stereocenters. The predicted molar refractivity (Wildman–Crippen MR) is 107 cm³/mol. The minimum atomic E-state index is -1.08. The maximum absolute atomic E-state index is 11.9. The smallest absolute Gasteiger partial charge is 0.339 e. The van der Waals surface area contributed by atoms with E-state index in [-0.39, 0.29) is 28.7 Å². The lowest BCUT2D eigenvalue weighted by Gasteiger charge is -2.46. The van der Waals surface area contributed by atoms with Crippen molar-refractivity contribution in [1.29, 1.82) is 0 Å². The first-order chi connectivity index (χ1) is 12.8. The van der Waals surface area contributed by atoms with Crippen LogP contribution in [-0.4, -0.2) is 21.8 Å². The number of unbranched alkanes of at least 4 members (excludes halogenated alkanes) is 2. The van der Waals surface area contributed by atoms with E-state index < -0.39 is 5.97 Å². The Kier molecular flexibility index (Phi) is 5.36. The second-order valence-electron chi connectivity index (χ2n) is 8.40. The number of carboxylic acids is 1. The third kappa shape index (κ3) is 3.62. The van der Waals surface area contributed by atoms with Crippen LogP contribution in [0.15, 0.2) is 30.4 Å². The van der Waals surface area contributed by atoms with Crippen molar-refractivity contribution in [3.05, 3.63) is 47.1 Å². The third-order valence-corrected chi connectivity index (χ3v) is 6.05. The van der Waals surface area contributed by atoms with Gasteiger partial charge in [0, 0.05) is 17.4 Å². The summed E-state index contributed by atoms with van der Waals surface area (Å²) in [6.07, 6.45) is 9.33. The molecule has 0 saturated carbocycles. The van der Waals surface area contributed by atoms with E-state index in [0.29, 0.717) is 23.3 Å². The van der Waals surface area contributed by atoms with Gasteiger partial charge in [-0.05, 0) is 70.9 Å². The fraction of sp³-hybridized carbons (Fsp3) is 0.522. The minimum absolute atomic E-state index is 0.00887. The Bertz CT molecular complexity index is 788. The van der Waals surface area contributed by atoms with E-state index in [1.165, 1.54) is 5.57 Å². The molecule has 0 bridgehead atoms. The first-order valence-electron chi connectivity index (χ1n) is 9.85. The van der Waals surface area contributed by atoms with Crippen LogP contribution in [0.5, 0.6) is 11.5 Å². The van der Waals surface area contributed by atoms with Crippen LogP contribution in [-0.2, 0) is 6.42 Å². The summed E-state index contributed by atoms with van der Waals surface area (Å²) in [5, 5.41) is 20.7. The fourth-order valence-electron chi connectivity index (χ4n) is 4.65. The van der Waals surface area contributed by atoms with E-state index in [9.17, 15) is 15.0 Å². The van der Waals surface area contributed by atoms with Crippen LogP contribution in [0.25, 0.3) is 0 Å². The molecule has 4 nitrogen and oxygen atoms in total. The average Bonchev–Trinajstić information content (AvgIpc) is 2.57. The SMILES string of the molecule is C=CCCCCc1cc2c(c(O)c1C(=O)O)[C@@H]1C=C(C)CC[C@H]1C(C)(C)O2. The Morgan fingerprint density at radius 1 is 1.41 bits per heavy atom. The molecule has 0 amide bonds. The van der Waals surface area contributed by atoms with Gasteiger partial charge in [-0.15, -0.1) is 6.58 Å². The van der Waals surface area contributed by atoms with Crippen molar-refractivity contribution in [1.82, 2.24) is 0 Å². The van der Waals surface area contributed by atoms with Crippen molar-refractivity contribution in [3.8, 4) is 11.5 Å². The van der Waals surface area contributed by atoms with Crippen molar-refractivity contribution in [2.24, 2.45) is 5.92 Å². The van der Waals surface area contributed by atoms with E-state index in [4.69, 9.17) is 4.74 Å². The highest BCUT2D eigenvalue weighted by Crippen LogP contribution is 2.54. The highest BCUT2D eigenvalue weighted by Gasteiger charge is 2.46. The fourth-order valence-corrected chi connectivity index (χ4v) is 4.65. The predicted octanol–water partition coefficient (Wildman–Crippen LogP) is 5.60. The molecular weight excluding hydrogens is 340 g/mol. The highest BCUT2D eigenvalue weighted by atomic mass is 16.5. The monoisotopic (exact) mass is 370 g/mol. The van der Waals surface area contributed by atoms with Gasteiger partial charge in [0.05, 0.1) is 0 Å². The van der Waals surface area contributed by atoms with Crippen LogP contribution in [0, 0.1) is 5.92 Å². The first kappa shape index (κ1) is 19.5. The van der Waals surface area contributed by atoms with Gasteiger partial charge >= 0.3 is 5.97 Å². The van der Waals surface area contributed by atoms with Crippen LogP contribution in [0.4, 0.5) is 0 Å². The number of hydrogen-bond donors (Lipinski definition) is 2. The molecule has 1 heterocycles. The zero-order chi connectivity index (χ0) is 19.8. The Labute approximate surface area is 161 Å². The molecule has 27 heavy (non-hydrogen) atoms. The Balaban J connectivity index is 2.10. The molecule has 0 fully saturated rings. The molecule has 4 heteroatoms. The molecule has 2 aliphatic rings. The van der Waals surface area contributed by atoms with Gasteiger partial charge in [-0.25, -0.2) is 4.79 Å². The third-order valence-electron chi connectivity index (χ3n) is 6.05. The van der Waals surface area contributed by atoms with Crippen molar-refractivity contribution in [2.45, 2.75) is 70.8 Å². The number of carbonyl (C=O) groups is 1. The topological polar surface area (TPSA) is 66.8 Å². The Hall–Kier alpha value is -2.23. The number of carboxylic acid groups (broad SMARTS) is 1. The van der Waals surface area contributed by atoms with Crippen LogP contribution >= 0.6 is 0 Å². The summed E-state index contributed by atoms with van der Waals surface area (Å²) >= 11 is 0. The lowest BCUT2D eigenvalue weighted by molar-refractivity contribution is 0.0106. The molecule has 1 aliphatic heterocycles. The van der Waals surface area contributed by atoms with Crippen molar-refractivity contribution in [2.75, 3.05) is 0 Å². The summed E-state index contributed by atoms with van der Waals surface area (Å²) in [5.41, 5.74) is 2.25. The zero-order valence-electron chi connectivity index (χ0n) is 16.5. The van der Waals surface area contributed by atoms with Gasteiger partial charge in [-0.3, -0.25) is 0 Å². The number of hydrogen-bond acceptors (Lipinski definition) is 3. The van der Waals surface area contributed by atoms with Crippen molar-refractivity contribution >= 4 is 5.97 Å².